The van der Waals surface area contributed by atoms with E-state index in [4.69, 9.17) is 10.5 Å². The Morgan fingerprint density at radius 3 is 2.67 bits per heavy atom. The number of aromatic nitrogens is 1. The first-order chi connectivity index (χ1) is 7.06. The number of aryl methyl sites for hydroxylation is 2. The van der Waals surface area contributed by atoms with Crippen molar-refractivity contribution in [1.82, 2.24) is 4.98 Å². The highest BCUT2D eigenvalue weighted by molar-refractivity contribution is 5.41. The molecule has 84 valence electrons. The standard InChI is InChI=1S/C12H20N2O/c1-8-7-14-11(6-5-9(2)13)10(3)12(8)15-4/h7,9H,5-6,13H2,1-4H3. The van der Waals surface area contributed by atoms with Crippen LogP contribution in [-0.4, -0.2) is 18.1 Å². The molecule has 0 saturated carbocycles. The van der Waals surface area contributed by atoms with Crippen molar-refractivity contribution in [2.24, 2.45) is 5.73 Å². The number of methoxy groups -OCH3 is 1. The second-order valence-corrected chi connectivity index (χ2v) is 4.06. The molecule has 0 radical (unpaired) electrons. The average molecular weight is 208 g/mol. The Morgan fingerprint density at radius 1 is 1.47 bits per heavy atom. The van der Waals surface area contributed by atoms with Crippen molar-refractivity contribution in [3.63, 3.8) is 0 Å². The second-order valence-electron chi connectivity index (χ2n) is 4.06. The molecule has 1 aromatic rings. The minimum Gasteiger partial charge on any atom is -0.496 e. The van der Waals surface area contributed by atoms with Crippen molar-refractivity contribution < 1.29 is 4.74 Å². The summed E-state index contributed by atoms with van der Waals surface area (Å²) in [5.41, 5.74) is 9.04. The number of hydrogen-bond donors (Lipinski definition) is 1. The lowest BCUT2D eigenvalue weighted by Crippen LogP contribution is -2.16. The van der Waals surface area contributed by atoms with E-state index in [0.717, 1.165) is 35.4 Å². The van der Waals surface area contributed by atoms with Crippen molar-refractivity contribution in [2.75, 3.05) is 7.11 Å². The number of hydrogen-bond acceptors (Lipinski definition) is 3. The van der Waals surface area contributed by atoms with Gasteiger partial charge in [-0.25, -0.2) is 0 Å². The minimum absolute atomic E-state index is 0.221. The third-order valence-corrected chi connectivity index (χ3v) is 2.59. The molecule has 0 aromatic carbocycles. The predicted octanol–water partition coefficient (Wildman–Crippen LogP) is 1.99. The highest BCUT2D eigenvalue weighted by Gasteiger charge is 2.09. The van der Waals surface area contributed by atoms with Crippen LogP contribution in [0.4, 0.5) is 0 Å². The van der Waals surface area contributed by atoms with Gasteiger partial charge in [0.2, 0.25) is 0 Å². The molecule has 0 amide bonds. The molecule has 0 aliphatic carbocycles. The number of pyridine rings is 1. The Morgan fingerprint density at radius 2 is 2.13 bits per heavy atom. The van der Waals surface area contributed by atoms with Crippen LogP contribution in [0.15, 0.2) is 6.20 Å². The number of nitrogens with zero attached hydrogens (tertiary/aromatic N) is 1. The van der Waals surface area contributed by atoms with E-state index >= 15 is 0 Å². The third kappa shape index (κ3) is 2.93. The van der Waals surface area contributed by atoms with Gasteiger partial charge in [-0.1, -0.05) is 0 Å². The Bertz CT molecular complexity index is 335. The van der Waals surface area contributed by atoms with Gasteiger partial charge < -0.3 is 10.5 Å². The van der Waals surface area contributed by atoms with Gasteiger partial charge in [-0.05, 0) is 33.6 Å². The summed E-state index contributed by atoms with van der Waals surface area (Å²) in [6.07, 6.45) is 3.74. The molecule has 1 heterocycles. The molecule has 3 nitrogen and oxygen atoms in total. The van der Waals surface area contributed by atoms with Gasteiger partial charge in [-0.3, -0.25) is 4.98 Å². The lowest BCUT2D eigenvalue weighted by atomic mass is 10.1. The SMILES string of the molecule is COc1c(C)cnc(CCC(C)N)c1C. The Labute approximate surface area is 91.7 Å². The summed E-state index contributed by atoms with van der Waals surface area (Å²) in [5.74, 6) is 0.949. The lowest BCUT2D eigenvalue weighted by molar-refractivity contribution is 0.406. The van der Waals surface area contributed by atoms with E-state index in [0.29, 0.717) is 0 Å². The molecule has 0 spiro atoms. The Kier molecular flexibility index (Phi) is 4.09. The second kappa shape index (κ2) is 5.12. The lowest BCUT2D eigenvalue weighted by Gasteiger charge is -2.12. The van der Waals surface area contributed by atoms with Gasteiger partial charge in [0.15, 0.2) is 0 Å². The molecule has 0 bridgehead atoms. The molecule has 1 atom stereocenters. The average Bonchev–Trinajstić information content (AvgIpc) is 2.17. The zero-order valence-electron chi connectivity index (χ0n) is 10.0. The van der Waals surface area contributed by atoms with Crippen LogP contribution in [0.25, 0.3) is 0 Å². The van der Waals surface area contributed by atoms with E-state index in [1.54, 1.807) is 7.11 Å². The number of nitrogens with two attached hydrogens (primary N) is 1. The summed E-state index contributed by atoms with van der Waals surface area (Å²) in [6.45, 7) is 6.07. The zero-order chi connectivity index (χ0) is 11.4. The molecule has 0 fully saturated rings. The maximum atomic E-state index is 5.73. The van der Waals surface area contributed by atoms with Crippen LogP contribution in [0.1, 0.15) is 30.2 Å². The van der Waals surface area contributed by atoms with Crippen molar-refractivity contribution >= 4 is 0 Å². The van der Waals surface area contributed by atoms with Crippen LogP contribution in [-0.2, 0) is 6.42 Å². The van der Waals surface area contributed by atoms with Crippen LogP contribution in [0.2, 0.25) is 0 Å². The molecule has 0 aliphatic heterocycles. The van der Waals surface area contributed by atoms with Crippen molar-refractivity contribution in [3.8, 4) is 5.75 Å². The first kappa shape index (κ1) is 12.0. The van der Waals surface area contributed by atoms with E-state index in [2.05, 4.69) is 11.9 Å². The smallest absolute Gasteiger partial charge is 0.128 e. The molecule has 15 heavy (non-hydrogen) atoms. The topological polar surface area (TPSA) is 48.1 Å². The van der Waals surface area contributed by atoms with Gasteiger partial charge in [0.1, 0.15) is 5.75 Å². The fraction of sp³-hybridized carbons (Fsp3) is 0.583. The molecule has 3 heteroatoms. The zero-order valence-corrected chi connectivity index (χ0v) is 10.0. The molecule has 1 aromatic heterocycles. The molecule has 1 unspecified atom stereocenters. The van der Waals surface area contributed by atoms with E-state index in [9.17, 15) is 0 Å². The Hall–Kier alpha value is -1.09. The van der Waals surface area contributed by atoms with Crippen LogP contribution in [0.3, 0.4) is 0 Å². The van der Waals surface area contributed by atoms with Crippen LogP contribution >= 0.6 is 0 Å². The fourth-order valence-corrected chi connectivity index (χ4v) is 1.69. The number of rotatable bonds is 4. The van der Waals surface area contributed by atoms with E-state index < -0.39 is 0 Å². The Balaban J connectivity index is 2.90. The van der Waals surface area contributed by atoms with Gasteiger partial charge in [0, 0.05) is 29.1 Å². The molecular weight excluding hydrogens is 188 g/mol. The molecular formula is C12H20N2O. The molecule has 0 saturated heterocycles. The largest absolute Gasteiger partial charge is 0.496 e. The van der Waals surface area contributed by atoms with Crippen LogP contribution in [0, 0.1) is 13.8 Å². The summed E-state index contributed by atoms with van der Waals surface area (Å²) < 4.78 is 5.35. The van der Waals surface area contributed by atoms with E-state index in [1.165, 1.54) is 0 Å². The van der Waals surface area contributed by atoms with Crippen LogP contribution in [0.5, 0.6) is 5.75 Å². The highest BCUT2D eigenvalue weighted by Crippen LogP contribution is 2.24. The summed E-state index contributed by atoms with van der Waals surface area (Å²) >= 11 is 0. The van der Waals surface area contributed by atoms with Crippen molar-refractivity contribution in [3.05, 3.63) is 23.0 Å². The predicted molar refractivity (Wildman–Crippen MR) is 62.2 cm³/mol. The maximum absolute atomic E-state index is 5.73. The van der Waals surface area contributed by atoms with Gasteiger partial charge in [-0.2, -0.15) is 0 Å². The van der Waals surface area contributed by atoms with Crippen molar-refractivity contribution in [2.45, 2.75) is 39.7 Å². The monoisotopic (exact) mass is 208 g/mol. The summed E-state index contributed by atoms with van der Waals surface area (Å²) in [6, 6.07) is 0.221. The highest BCUT2D eigenvalue weighted by atomic mass is 16.5. The molecule has 2 N–H and O–H groups in total. The summed E-state index contributed by atoms with van der Waals surface area (Å²) in [4.78, 5) is 4.42. The van der Waals surface area contributed by atoms with E-state index in [-0.39, 0.29) is 6.04 Å². The first-order valence-corrected chi connectivity index (χ1v) is 5.31. The quantitative estimate of drug-likeness (QED) is 0.823. The molecule has 1 rings (SSSR count). The van der Waals surface area contributed by atoms with E-state index in [1.807, 2.05) is 20.0 Å². The maximum Gasteiger partial charge on any atom is 0.128 e. The normalized spacial score (nSPS) is 12.6. The minimum atomic E-state index is 0.221. The van der Waals surface area contributed by atoms with Gasteiger partial charge in [0.25, 0.3) is 0 Å². The van der Waals surface area contributed by atoms with Crippen molar-refractivity contribution in [1.29, 1.82) is 0 Å². The third-order valence-electron chi connectivity index (χ3n) is 2.59. The van der Waals surface area contributed by atoms with Crippen LogP contribution < -0.4 is 10.5 Å². The number of ether oxygens (including phenoxy) is 1. The van der Waals surface area contributed by atoms with Gasteiger partial charge in [0.05, 0.1) is 7.11 Å². The fourth-order valence-electron chi connectivity index (χ4n) is 1.69. The summed E-state index contributed by atoms with van der Waals surface area (Å²) in [5, 5.41) is 0. The van der Waals surface area contributed by atoms with Gasteiger partial charge in [-0.15, -0.1) is 0 Å². The van der Waals surface area contributed by atoms with Gasteiger partial charge >= 0.3 is 0 Å². The summed E-state index contributed by atoms with van der Waals surface area (Å²) in [7, 11) is 1.70. The molecule has 0 aliphatic rings. The first-order valence-electron chi connectivity index (χ1n) is 5.31.